The number of urea groups is 1. The van der Waals surface area contributed by atoms with E-state index in [2.05, 4.69) is 25.5 Å². The molecule has 11 nitrogen and oxygen atoms in total. The third-order valence-corrected chi connectivity index (χ3v) is 7.63. The normalized spacial score (nSPS) is 13.9. The Morgan fingerprint density at radius 1 is 0.978 bits per heavy atom. The van der Waals surface area contributed by atoms with E-state index >= 15 is 0 Å². The van der Waals surface area contributed by atoms with Gasteiger partial charge in [-0.3, -0.25) is 4.90 Å². The van der Waals surface area contributed by atoms with Crippen LogP contribution in [0.2, 0.25) is 5.02 Å². The Hall–Kier alpha value is -4.92. The van der Waals surface area contributed by atoms with E-state index in [-0.39, 0.29) is 11.5 Å². The lowest BCUT2D eigenvalue weighted by Gasteiger charge is -2.26. The monoisotopic (exact) mass is 652 g/mol. The van der Waals surface area contributed by atoms with Crippen LogP contribution in [0.25, 0.3) is 28.0 Å². The molecule has 3 heterocycles. The number of hydrogen-bond acceptors (Lipinski definition) is 8. The predicted molar refractivity (Wildman–Crippen MR) is 168 cm³/mol. The number of morpholine rings is 1. The largest absolute Gasteiger partial charge is 0.492 e. The molecule has 15 heteroatoms. The zero-order chi connectivity index (χ0) is 32.3. The number of nitrogens with one attached hydrogen (secondary N) is 2. The highest BCUT2D eigenvalue weighted by Gasteiger charge is 2.33. The molecule has 6 rings (SSSR count). The van der Waals surface area contributed by atoms with Crippen LogP contribution in [0, 0.1) is 0 Å². The van der Waals surface area contributed by atoms with Crippen molar-refractivity contribution >= 4 is 45.9 Å². The maximum atomic E-state index is 13.2. The van der Waals surface area contributed by atoms with Gasteiger partial charge in [-0.05, 0) is 66.7 Å². The highest BCUT2D eigenvalue weighted by molar-refractivity contribution is 6.31. The van der Waals surface area contributed by atoms with Gasteiger partial charge in [-0.1, -0.05) is 11.6 Å². The van der Waals surface area contributed by atoms with E-state index in [0.717, 1.165) is 56.3 Å². The number of nitrogens with two attached hydrogens (primary N) is 1. The Bertz CT molecular complexity index is 1840. The summed E-state index contributed by atoms with van der Waals surface area (Å²) in [6.45, 7) is 4.65. The van der Waals surface area contributed by atoms with Gasteiger partial charge in [0.05, 0.1) is 34.9 Å². The van der Waals surface area contributed by atoms with Gasteiger partial charge in [0.1, 0.15) is 30.2 Å². The summed E-state index contributed by atoms with van der Waals surface area (Å²) in [7, 11) is 0. The maximum Gasteiger partial charge on any atom is 0.417 e. The molecule has 0 aliphatic carbocycles. The topological polar surface area (TPSA) is 132 Å². The van der Waals surface area contributed by atoms with E-state index in [1.165, 1.54) is 12.4 Å². The van der Waals surface area contributed by atoms with Crippen molar-refractivity contribution in [3.8, 4) is 22.7 Å². The first-order chi connectivity index (χ1) is 22.2. The number of nitrogen functional groups attached to an aromatic ring is 1. The van der Waals surface area contributed by atoms with Crippen molar-refractivity contribution in [2.75, 3.05) is 55.8 Å². The van der Waals surface area contributed by atoms with E-state index in [4.69, 9.17) is 31.9 Å². The number of fused-ring (bicyclic) bond motifs is 1. The molecule has 0 atom stereocenters. The summed E-state index contributed by atoms with van der Waals surface area (Å²) in [5.74, 6) is 0.997. The Kier molecular flexibility index (Phi) is 8.92. The first-order valence-corrected chi connectivity index (χ1v) is 14.6. The number of benzene rings is 3. The van der Waals surface area contributed by atoms with Crippen molar-refractivity contribution in [2.24, 2.45) is 0 Å². The first kappa shape index (κ1) is 31.1. The highest BCUT2D eigenvalue weighted by atomic mass is 35.5. The molecule has 4 N–H and O–H groups in total. The summed E-state index contributed by atoms with van der Waals surface area (Å²) in [4.78, 5) is 23.4. The molecule has 46 heavy (non-hydrogen) atoms. The number of alkyl halides is 3. The fourth-order valence-corrected chi connectivity index (χ4v) is 5.21. The van der Waals surface area contributed by atoms with Crippen molar-refractivity contribution in [1.29, 1.82) is 0 Å². The van der Waals surface area contributed by atoms with Crippen molar-refractivity contribution in [3.63, 3.8) is 0 Å². The van der Waals surface area contributed by atoms with Gasteiger partial charge in [0.25, 0.3) is 0 Å². The molecule has 0 unspecified atom stereocenters. The molecule has 3 aromatic carbocycles. The summed E-state index contributed by atoms with van der Waals surface area (Å²) in [5, 5.41) is 9.89. The number of carbonyl (C=O) groups excluding carboxylic acids is 1. The molecule has 1 fully saturated rings. The average Bonchev–Trinajstić information content (AvgIpc) is 3.44. The number of anilines is 3. The second-order valence-electron chi connectivity index (χ2n) is 10.4. The summed E-state index contributed by atoms with van der Waals surface area (Å²) in [6, 6.07) is 16.6. The fourth-order valence-electron chi connectivity index (χ4n) is 4.98. The molecule has 0 spiro atoms. The third-order valence-electron chi connectivity index (χ3n) is 7.30. The lowest BCUT2D eigenvalue weighted by Crippen LogP contribution is -2.38. The quantitative estimate of drug-likeness (QED) is 0.183. The van der Waals surface area contributed by atoms with Crippen molar-refractivity contribution in [3.05, 3.63) is 83.6 Å². The molecule has 238 valence electrons. The molecule has 2 aromatic heterocycles. The molecule has 0 saturated carbocycles. The molecule has 1 saturated heterocycles. The van der Waals surface area contributed by atoms with Crippen LogP contribution in [-0.2, 0) is 10.9 Å². The van der Waals surface area contributed by atoms with Gasteiger partial charge in [-0.2, -0.15) is 18.3 Å². The predicted octanol–water partition coefficient (Wildman–Crippen LogP) is 6.09. The minimum absolute atomic E-state index is 0.0637. The number of halogens is 4. The van der Waals surface area contributed by atoms with Crippen LogP contribution in [0.15, 0.2) is 73.1 Å². The number of aromatic nitrogens is 4. The zero-order valence-electron chi connectivity index (χ0n) is 24.2. The summed E-state index contributed by atoms with van der Waals surface area (Å²) < 4.78 is 52.5. The minimum Gasteiger partial charge on any atom is -0.492 e. The van der Waals surface area contributed by atoms with E-state index in [9.17, 15) is 18.0 Å². The second kappa shape index (κ2) is 13.2. The van der Waals surface area contributed by atoms with E-state index < -0.39 is 22.8 Å². The van der Waals surface area contributed by atoms with E-state index in [1.807, 2.05) is 24.3 Å². The molecule has 1 aliphatic rings. The number of ether oxygens (including phenoxy) is 2. The van der Waals surface area contributed by atoms with Crippen molar-refractivity contribution in [1.82, 2.24) is 24.6 Å². The lowest BCUT2D eigenvalue weighted by molar-refractivity contribution is -0.137. The molecule has 0 bridgehead atoms. The zero-order valence-corrected chi connectivity index (χ0v) is 25.0. The number of hydrogen-bond donors (Lipinski definition) is 3. The lowest BCUT2D eigenvalue weighted by atomic mass is 10.1. The standard InChI is InChI=1S/C31H28ClF3N8O3/c32-25-10-5-21(17-24(25)31(33,34)35)40-30(44)39-20-3-6-22(7-4-20)43-29-26(28(36)37-18-38-29)27(41-43)19-1-8-23(9-2-19)46-16-13-42-11-14-45-15-12-42/h1-10,17-18H,11-16H2,(H2,36,37,38)(H2,39,40,44). The van der Waals surface area contributed by atoms with Crippen LogP contribution in [0.3, 0.4) is 0 Å². The minimum atomic E-state index is -4.66. The summed E-state index contributed by atoms with van der Waals surface area (Å²) in [5.41, 5.74) is 8.02. The van der Waals surface area contributed by atoms with Gasteiger partial charge in [0.2, 0.25) is 0 Å². The molecular weight excluding hydrogens is 625 g/mol. The van der Waals surface area contributed by atoms with Gasteiger partial charge >= 0.3 is 12.2 Å². The molecule has 0 radical (unpaired) electrons. The Labute approximate surface area is 266 Å². The van der Waals surface area contributed by atoms with Crippen LogP contribution in [-0.4, -0.2) is 70.1 Å². The van der Waals surface area contributed by atoms with E-state index in [0.29, 0.717) is 34.7 Å². The Morgan fingerprint density at radius 2 is 1.67 bits per heavy atom. The average molecular weight is 653 g/mol. The van der Waals surface area contributed by atoms with Gasteiger partial charge in [-0.25, -0.2) is 19.4 Å². The van der Waals surface area contributed by atoms with Crippen molar-refractivity contribution < 1.29 is 27.4 Å². The second-order valence-corrected chi connectivity index (χ2v) is 10.8. The SMILES string of the molecule is Nc1ncnc2c1c(-c1ccc(OCCN3CCOCC3)cc1)nn2-c1ccc(NC(=O)Nc2ccc(Cl)c(C(F)(F)F)c2)cc1. The number of carbonyl (C=O) groups is 1. The fraction of sp³-hybridized carbons (Fsp3) is 0.226. The first-order valence-electron chi connectivity index (χ1n) is 14.2. The van der Waals surface area contributed by atoms with Gasteiger partial charge in [0, 0.05) is 36.6 Å². The smallest absolute Gasteiger partial charge is 0.417 e. The summed E-state index contributed by atoms with van der Waals surface area (Å²) >= 11 is 5.66. The Balaban J connectivity index is 1.16. The summed E-state index contributed by atoms with van der Waals surface area (Å²) in [6.07, 6.45) is -3.31. The van der Waals surface area contributed by atoms with Gasteiger partial charge in [-0.15, -0.1) is 0 Å². The van der Waals surface area contributed by atoms with Crippen LogP contribution >= 0.6 is 11.6 Å². The van der Waals surface area contributed by atoms with Crippen molar-refractivity contribution in [2.45, 2.75) is 6.18 Å². The van der Waals surface area contributed by atoms with Crippen LogP contribution in [0.1, 0.15) is 5.56 Å². The van der Waals surface area contributed by atoms with Crippen LogP contribution in [0.5, 0.6) is 5.75 Å². The maximum absolute atomic E-state index is 13.2. The Morgan fingerprint density at radius 3 is 2.39 bits per heavy atom. The van der Waals surface area contributed by atoms with Crippen LogP contribution < -0.4 is 21.1 Å². The number of nitrogens with zero attached hydrogens (tertiary/aromatic N) is 5. The molecule has 5 aromatic rings. The van der Waals surface area contributed by atoms with Crippen LogP contribution in [0.4, 0.5) is 35.2 Å². The van der Waals surface area contributed by atoms with Gasteiger partial charge in [0.15, 0.2) is 5.65 Å². The third kappa shape index (κ3) is 6.98. The number of rotatable bonds is 8. The van der Waals surface area contributed by atoms with E-state index in [1.54, 1.807) is 28.9 Å². The number of amides is 2. The molecule has 2 amide bonds. The van der Waals surface area contributed by atoms with Gasteiger partial charge < -0.3 is 25.8 Å². The molecule has 1 aliphatic heterocycles. The highest BCUT2D eigenvalue weighted by Crippen LogP contribution is 2.36. The molecular formula is C31H28ClF3N8O3.